The van der Waals surface area contributed by atoms with Crippen molar-refractivity contribution in [2.75, 3.05) is 13.2 Å². The molecule has 3 aromatic carbocycles. The number of imidazole rings is 1. The molecule has 0 unspecified atom stereocenters. The number of hydrogen-bond acceptors (Lipinski definition) is 5. The van der Waals surface area contributed by atoms with Crippen LogP contribution in [0.5, 0.6) is 0 Å². The molecule has 0 spiro atoms. The number of nitrogens with zero attached hydrogens (tertiary/aromatic N) is 3. The molecule has 1 atom stereocenters. The smallest absolute Gasteiger partial charge is 0.254 e. The Labute approximate surface area is 230 Å². The number of aryl methyl sites for hydroxylation is 1. The van der Waals surface area contributed by atoms with Crippen molar-refractivity contribution in [3.63, 3.8) is 0 Å². The Hall–Kier alpha value is -3.75. The first-order valence-corrected chi connectivity index (χ1v) is 14.9. The second kappa shape index (κ2) is 12.0. The van der Waals surface area contributed by atoms with Crippen molar-refractivity contribution >= 4 is 15.7 Å². The third kappa shape index (κ3) is 6.46. The van der Waals surface area contributed by atoms with Gasteiger partial charge < -0.3 is 14.2 Å². The second-order valence-corrected chi connectivity index (χ2v) is 11.9. The largest absolute Gasteiger partial charge is 0.376 e. The SMILES string of the molecule is Cc1ccccc1C(=O)N(Cc1cnc(S(=O)(=O)Cc2ccccc2)n1Cc1ccccc1)C[C@@H]1CCCO1. The van der Waals surface area contributed by atoms with Crippen LogP contribution in [-0.2, 0) is 33.4 Å². The van der Waals surface area contributed by atoms with Crippen LogP contribution in [0.4, 0.5) is 0 Å². The van der Waals surface area contributed by atoms with Gasteiger partial charge in [0.15, 0.2) is 0 Å². The molecule has 0 bridgehead atoms. The number of aromatic nitrogens is 2. The van der Waals surface area contributed by atoms with E-state index >= 15 is 0 Å². The lowest BCUT2D eigenvalue weighted by Crippen LogP contribution is -2.38. The third-order valence-electron chi connectivity index (χ3n) is 7.03. The summed E-state index contributed by atoms with van der Waals surface area (Å²) in [7, 11) is -3.76. The van der Waals surface area contributed by atoms with Gasteiger partial charge in [0, 0.05) is 18.7 Å². The Morgan fingerprint density at radius 2 is 1.64 bits per heavy atom. The van der Waals surface area contributed by atoms with Gasteiger partial charge in [-0.2, -0.15) is 0 Å². The second-order valence-electron chi connectivity index (χ2n) is 9.98. The topological polar surface area (TPSA) is 81.5 Å². The number of amides is 1. The molecule has 1 saturated heterocycles. The molecular formula is C31H33N3O4S. The standard InChI is InChI=1S/C31H33N3O4S/c1-24-11-8-9-17-29(24)30(35)33(22-28-16-10-18-38-28)21-27-19-32-31(34(27)20-25-12-4-2-5-13-25)39(36,37)23-26-14-6-3-7-15-26/h2-9,11-15,17,19,28H,10,16,18,20-23H2,1H3/t28-/m0/s1. The van der Waals surface area contributed by atoms with Gasteiger partial charge in [0.1, 0.15) is 0 Å². The Bertz CT molecular complexity index is 1510. The molecule has 39 heavy (non-hydrogen) atoms. The van der Waals surface area contributed by atoms with Crippen LogP contribution in [0.1, 0.15) is 45.6 Å². The predicted molar refractivity (Wildman–Crippen MR) is 150 cm³/mol. The van der Waals surface area contributed by atoms with Crippen LogP contribution in [0.3, 0.4) is 0 Å². The zero-order valence-corrected chi connectivity index (χ0v) is 22.9. The van der Waals surface area contributed by atoms with E-state index in [1.165, 1.54) is 0 Å². The van der Waals surface area contributed by atoms with Crippen molar-refractivity contribution in [1.29, 1.82) is 0 Å². The molecule has 1 aliphatic rings. The fourth-order valence-corrected chi connectivity index (χ4v) is 6.48. The predicted octanol–water partition coefficient (Wildman–Crippen LogP) is 5.04. The van der Waals surface area contributed by atoms with Crippen molar-refractivity contribution in [3.8, 4) is 0 Å². The fourth-order valence-electron chi connectivity index (χ4n) is 4.99. The molecule has 0 saturated carbocycles. The van der Waals surface area contributed by atoms with Gasteiger partial charge in [0.2, 0.25) is 15.0 Å². The molecule has 5 rings (SSSR count). The van der Waals surface area contributed by atoms with Crippen molar-refractivity contribution in [2.24, 2.45) is 0 Å². The van der Waals surface area contributed by atoms with Gasteiger partial charge in [0.05, 0.1) is 36.8 Å². The summed E-state index contributed by atoms with van der Waals surface area (Å²) in [5.41, 5.74) is 3.82. The van der Waals surface area contributed by atoms with Gasteiger partial charge in [-0.05, 0) is 42.5 Å². The molecule has 1 aromatic heterocycles. The number of carbonyl (C=O) groups is 1. The average molecular weight is 544 g/mol. The minimum Gasteiger partial charge on any atom is -0.376 e. The summed E-state index contributed by atoms with van der Waals surface area (Å²) < 4.78 is 34.8. The first-order chi connectivity index (χ1) is 18.9. The van der Waals surface area contributed by atoms with Crippen LogP contribution >= 0.6 is 0 Å². The molecule has 2 heterocycles. The highest BCUT2D eigenvalue weighted by molar-refractivity contribution is 7.90. The number of hydrogen-bond donors (Lipinski definition) is 0. The maximum Gasteiger partial charge on any atom is 0.254 e. The van der Waals surface area contributed by atoms with E-state index in [0.29, 0.717) is 36.5 Å². The number of rotatable bonds is 10. The molecule has 8 heteroatoms. The van der Waals surface area contributed by atoms with Gasteiger partial charge in [-0.3, -0.25) is 4.79 Å². The van der Waals surface area contributed by atoms with Crippen LogP contribution in [0.15, 0.2) is 96.3 Å². The van der Waals surface area contributed by atoms with E-state index < -0.39 is 9.84 Å². The molecule has 7 nitrogen and oxygen atoms in total. The van der Waals surface area contributed by atoms with Crippen molar-refractivity contribution < 1.29 is 17.9 Å². The van der Waals surface area contributed by atoms with Gasteiger partial charge >= 0.3 is 0 Å². The van der Waals surface area contributed by atoms with E-state index in [1.54, 1.807) is 27.8 Å². The minimum atomic E-state index is -3.76. The van der Waals surface area contributed by atoms with Crippen LogP contribution in [-0.4, -0.2) is 48.0 Å². The molecule has 4 aromatic rings. The first kappa shape index (κ1) is 26.8. The van der Waals surface area contributed by atoms with Gasteiger partial charge in [-0.1, -0.05) is 78.9 Å². The van der Waals surface area contributed by atoms with Crippen molar-refractivity contribution in [1.82, 2.24) is 14.5 Å². The number of sulfone groups is 1. The summed E-state index contributed by atoms with van der Waals surface area (Å²) in [6.45, 7) is 3.58. The Morgan fingerprint density at radius 3 is 2.31 bits per heavy atom. The van der Waals surface area contributed by atoms with Crippen LogP contribution in [0.2, 0.25) is 0 Å². The maximum absolute atomic E-state index is 13.8. The lowest BCUT2D eigenvalue weighted by atomic mass is 10.1. The Kier molecular flexibility index (Phi) is 8.24. The number of carbonyl (C=O) groups excluding carboxylic acids is 1. The number of ether oxygens (including phenoxy) is 1. The van der Waals surface area contributed by atoms with Crippen molar-refractivity contribution in [3.05, 3.63) is 119 Å². The zero-order valence-electron chi connectivity index (χ0n) is 22.1. The third-order valence-corrected chi connectivity index (χ3v) is 8.62. The maximum atomic E-state index is 13.8. The summed E-state index contributed by atoms with van der Waals surface area (Å²) in [4.78, 5) is 20.0. The summed E-state index contributed by atoms with van der Waals surface area (Å²) in [6.07, 6.45) is 3.39. The van der Waals surface area contributed by atoms with E-state index in [9.17, 15) is 13.2 Å². The molecule has 1 amide bonds. The van der Waals surface area contributed by atoms with E-state index in [0.717, 1.165) is 24.0 Å². The average Bonchev–Trinajstić information content (AvgIpc) is 3.60. The highest BCUT2D eigenvalue weighted by atomic mass is 32.2. The normalized spacial score (nSPS) is 15.4. The van der Waals surface area contributed by atoms with Crippen LogP contribution in [0.25, 0.3) is 0 Å². The lowest BCUT2D eigenvalue weighted by Gasteiger charge is -2.27. The van der Waals surface area contributed by atoms with Gasteiger partial charge in [-0.25, -0.2) is 13.4 Å². The number of benzene rings is 3. The highest BCUT2D eigenvalue weighted by Gasteiger charge is 2.28. The summed E-state index contributed by atoms with van der Waals surface area (Å²) >= 11 is 0. The van der Waals surface area contributed by atoms with E-state index in [4.69, 9.17) is 4.74 Å². The quantitative estimate of drug-likeness (QED) is 0.280. The molecule has 0 aliphatic carbocycles. The molecule has 0 N–H and O–H groups in total. The Balaban J connectivity index is 1.52. The molecule has 1 fully saturated rings. The van der Waals surface area contributed by atoms with E-state index in [1.807, 2.05) is 79.7 Å². The summed E-state index contributed by atoms with van der Waals surface area (Å²) in [5, 5.41) is 0.00520. The van der Waals surface area contributed by atoms with Gasteiger partial charge in [0.25, 0.3) is 5.91 Å². The van der Waals surface area contributed by atoms with Gasteiger partial charge in [-0.15, -0.1) is 0 Å². The summed E-state index contributed by atoms with van der Waals surface area (Å²) in [5.74, 6) is -0.259. The molecule has 0 radical (unpaired) electrons. The zero-order chi connectivity index (χ0) is 27.2. The lowest BCUT2D eigenvalue weighted by molar-refractivity contribution is 0.0501. The molecule has 1 aliphatic heterocycles. The van der Waals surface area contributed by atoms with E-state index in [-0.39, 0.29) is 29.5 Å². The minimum absolute atomic E-state index is 0.00520. The highest BCUT2D eigenvalue weighted by Crippen LogP contribution is 2.23. The van der Waals surface area contributed by atoms with Crippen LogP contribution < -0.4 is 0 Å². The Morgan fingerprint density at radius 1 is 0.974 bits per heavy atom. The van der Waals surface area contributed by atoms with Crippen molar-refractivity contribution in [2.45, 2.75) is 49.9 Å². The fraction of sp³-hybridized carbons (Fsp3) is 0.290. The molecule has 202 valence electrons. The van der Waals surface area contributed by atoms with E-state index in [2.05, 4.69) is 4.98 Å². The monoisotopic (exact) mass is 543 g/mol. The van der Waals surface area contributed by atoms with Crippen LogP contribution in [0, 0.1) is 6.92 Å². The first-order valence-electron chi connectivity index (χ1n) is 13.2. The summed E-state index contributed by atoms with van der Waals surface area (Å²) in [6, 6.07) is 26.3. The molecular weight excluding hydrogens is 510 g/mol.